The zero-order valence-electron chi connectivity index (χ0n) is 13.3. The van der Waals surface area contributed by atoms with Crippen LogP contribution in [0.2, 0.25) is 0 Å². The summed E-state index contributed by atoms with van der Waals surface area (Å²) in [5, 5.41) is 4.81. The molecule has 4 nitrogen and oxygen atoms in total. The number of benzene rings is 1. The van der Waals surface area contributed by atoms with Crippen LogP contribution in [0.1, 0.15) is 20.8 Å². The number of amides is 2. The molecule has 1 saturated heterocycles. The molecule has 1 aromatic carbocycles. The normalized spacial score (nSPS) is 17.1. The summed E-state index contributed by atoms with van der Waals surface area (Å²) < 4.78 is 0.780. The van der Waals surface area contributed by atoms with Gasteiger partial charge in [-0.2, -0.15) is 0 Å². The molecule has 0 aliphatic carbocycles. The number of thioether (sulfide) groups is 1. The molecule has 2 heterocycles. The van der Waals surface area contributed by atoms with Crippen molar-refractivity contribution in [3.63, 3.8) is 0 Å². The lowest BCUT2D eigenvalue weighted by Gasteiger charge is -2.23. The van der Waals surface area contributed by atoms with Crippen molar-refractivity contribution >= 4 is 56.5 Å². The summed E-state index contributed by atoms with van der Waals surface area (Å²) in [6, 6.07) is 7.24. The van der Waals surface area contributed by atoms with E-state index in [-0.39, 0.29) is 11.8 Å². The fourth-order valence-electron chi connectivity index (χ4n) is 2.48. The molecule has 0 saturated carbocycles. The molecule has 24 heavy (non-hydrogen) atoms. The summed E-state index contributed by atoms with van der Waals surface area (Å²) >= 11 is 6.38. The molecule has 1 atom stereocenters. The summed E-state index contributed by atoms with van der Waals surface area (Å²) in [7, 11) is 0. The van der Waals surface area contributed by atoms with Crippen molar-refractivity contribution in [2.45, 2.75) is 19.9 Å². The van der Waals surface area contributed by atoms with Gasteiger partial charge in [-0.1, -0.05) is 6.07 Å². The number of aryl methyl sites for hydroxylation is 2. The highest BCUT2D eigenvalue weighted by Gasteiger charge is 2.36. The van der Waals surface area contributed by atoms with E-state index in [0.29, 0.717) is 16.5 Å². The van der Waals surface area contributed by atoms with Gasteiger partial charge in [0.2, 0.25) is 5.91 Å². The van der Waals surface area contributed by atoms with Crippen LogP contribution in [-0.4, -0.2) is 34.4 Å². The zero-order valence-corrected chi connectivity index (χ0v) is 16.6. The molecular formula is C17H17BrN2O2S2. The van der Waals surface area contributed by atoms with Crippen LogP contribution in [0.3, 0.4) is 0 Å². The van der Waals surface area contributed by atoms with Gasteiger partial charge in [-0.15, -0.1) is 23.1 Å². The predicted molar refractivity (Wildman–Crippen MR) is 104 cm³/mol. The molecule has 1 aromatic heterocycles. The first-order chi connectivity index (χ1) is 11.5. The fraction of sp³-hybridized carbons (Fsp3) is 0.294. The van der Waals surface area contributed by atoms with Gasteiger partial charge in [-0.25, -0.2) is 0 Å². The van der Waals surface area contributed by atoms with E-state index in [1.807, 2.05) is 43.5 Å². The van der Waals surface area contributed by atoms with Crippen molar-refractivity contribution in [1.29, 1.82) is 0 Å². The number of rotatable bonds is 3. The monoisotopic (exact) mass is 424 g/mol. The highest BCUT2D eigenvalue weighted by atomic mass is 79.9. The third-order valence-electron chi connectivity index (χ3n) is 4.03. The van der Waals surface area contributed by atoms with Gasteiger partial charge in [0.25, 0.3) is 5.91 Å². The lowest BCUT2D eigenvalue weighted by molar-refractivity contribution is -0.119. The highest BCUT2D eigenvalue weighted by molar-refractivity contribution is 9.10. The lowest BCUT2D eigenvalue weighted by Crippen LogP contribution is -2.44. The van der Waals surface area contributed by atoms with Crippen LogP contribution >= 0.6 is 39.0 Å². The molecule has 7 heteroatoms. The van der Waals surface area contributed by atoms with Gasteiger partial charge in [0, 0.05) is 15.9 Å². The first kappa shape index (κ1) is 17.5. The summed E-state index contributed by atoms with van der Waals surface area (Å²) in [5.74, 6) is 0.922. The number of anilines is 1. The Bertz CT molecular complexity index is 791. The average Bonchev–Trinajstić information content (AvgIpc) is 3.19. The maximum atomic E-state index is 12.7. The number of hydrogen-bond acceptors (Lipinski definition) is 4. The van der Waals surface area contributed by atoms with Crippen molar-refractivity contribution in [3.05, 3.63) is 50.1 Å². The molecule has 3 rings (SSSR count). The molecule has 1 N–H and O–H groups in total. The number of carbonyl (C=O) groups excluding carboxylic acids is 2. The van der Waals surface area contributed by atoms with Crippen molar-refractivity contribution < 1.29 is 9.59 Å². The minimum absolute atomic E-state index is 0.0953. The second kappa shape index (κ2) is 7.29. The highest BCUT2D eigenvalue weighted by Crippen LogP contribution is 2.29. The Morgan fingerprint density at radius 3 is 2.71 bits per heavy atom. The summed E-state index contributed by atoms with van der Waals surface area (Å²) in [4.78, 5) is 27.7. The number of thiophene rings is 1. The van der Waals surface area contributed by atoms with E-state index in [0.717, 1.165) is 15.7 Å². The summed E-state index contributed by atoms with van der Waals surface area (Å²) in [6.07, 6.45) is 0. The Hall–Kier alpha value is -1.31. The number of nitrogens with one attached hydrogen (secondary N) is 1. The van der Waals surface area contributed by atoms with Crippen LogP contribution in [0.4, 0.5) is 5.69 Å². The molecule has 0 radical (unpaired) electrons. The minimum Gasteiger partial charge on any atom is -0.324 e. The van der Waals surface area contributed by atoms with Crippen molar-refractivity contribution in [2.24, 2.45) is 0 Å². The smallest absolute Gasteiger partial charge is 0.266 e. The van der Waals surface area contributed by atoms with Crippen molar-refractivity contribution in [1.82, 2.24) is 4.90 Å². The van der Waals surface area contributed by atoms with Crippen LogP contribution < -0.4 is 5.32 Å². The summed E-state index contributed by atoms with van der Waals surface area (Å²) in [6.45, 7) is 4.05. The molecule has 126 valence electrons. The van der Waals surface area contributed by atoms with E-state index in [1.54, 1.807) is 16.7 Å². The van der Waals surface area contributed by atoms with Gasteiger partial charge < -0.3 is 10.2 Å². The molecule has 2 amide bonds. The standard InChI is InChI=1S/C17H17BrN2O2S2/c1-10-3-4-12(7-11(10)2)19-16(21)14-8-23-9-20(14)17(22)15-13(18)5-6-24-15/h3-7,14H,8-9H2,1-2H3,(H,19,21). The zero-order chi connectivity index (χ0) is 17.3. The maximum absolute atomic E-state index is 12.7. The van der Waals surface area contributed by atoms with Gasteiger partial charge in [0.05, 0.1) is 5.88 Å². The topological polar surface area (TPSA) is 49.4 Å². The van der Waals surface area contributed by atoms with Crippen LogP contribution in [0.15, 0.2) is 34.1 Å². The number of carbonyl (C=O) groups is 2. The van der Waals surface area contributed by atoms with Crippen LogP contribution in [0.5, 0.6) is 0 Å². The van der Waals surface area contributed by atoms with Crippen LogP contribution in [-0.2, 0) is 4.79 Å². The molecule has 1 unspecified atom stereocenters. The quantitative estimate of drug-likeness (QED) is 0.799. The minimum atomic E-state index is -0.446. The van der Waals surface area contributed by atoms with Gasteiger partial charge in [0.15, 0.2) is 0 Å². The Labute approximate surface area is 157 Å². The van der Waals surface area contributed by atoms with E-state index in [2.05, 4.69) is 21.2 Å². The SMILES string of the molecule is Cc1ccc(NC(=O)C2CSCN2C(=O)c2sccc2Br)cc1C. The second-order valence-electron chi connectivity index (χ2n) is 5.68. The third kappa shape index (κ3) is 3.53. The summed E-state index contributed by atoms with van der Waals surface area (Å²) in [5.41, 5.74) is 3.08. The van der Waals surface area contributed by atoms with Crippen molar-refractivity contribution in [3.8, 4) is 0 Å². The van der Waals surface area contributed by atoms with Gasteiger partial charge in [-0.3, -0.25) is 9.59 Å². The predicted octanol–water partition coefficient (Wildman–Crippen LogP) is 4.28. The van der Waals surface area contributed by atoms with E-state index < -0.39 is 6.04 Å². The van der Waals surface area contributed by atoms with Gasteiger partial charge in [0.1, 0.15) is 10.9 Å². The average molecular weight is 425 g/mol. The first-order valence-electron chi connectivity index (χ1n) is 7.47. The molecule has 1 aliphatic rings. The van der Waals surface area contributed by atoms with E-state index in [1.165, 1.54) is 16.9 Å². The lowest BCUT2D eigenvalue weighted by atomic mass is 10.1. The molecular weight excluding hydrogens is 408 g/mol. The van der Waals surface area contributed by atoms with Crippen molar-refractivity contribution in [2.75, 3.05) is 16.9 Å². The molecule has 0 bridgehead atoms. The largest absolute Gasteiger partial charge is 0.324 e. The van der Waals surface area contributed by atoms with Crippen LogP contribution in [0.25, 0.3) is 0 Å². The van der Waals surface area contributed by atoms with Crippen LogP contribution in [0, 0.1) is 13.8 Å². The van der Waals surface area contributed by atoms with E-state index >= 15 is 0 Å². The van der Waals surface area contributed by atoms with Gasteiger partial charge in [-0.05, 0) is 64.5 Å². The third-order valence-corrected chi connectivity index (χ3v) is 6.87. The second-order valence-corrected chi connectivity index (χ2v) is 8.45. The van der Waals surface area contributed by atoms with E-state index in [4.69, 9.17) is 0 Å². The number of nitrogens with zero attached hydrogens (tertiary/aromatic N) is 1. The molecule has 2 aromatic rings. The Kier molecular flexibility index (Phi) is 5.32. The number of halogens is 1. The van der Waals surface area contributed by atoms with E-state index in [9.17, 15) is 9.59 Å². The Morgan fingerprint density at radius 1 is 1.25 bits per heavy atom. The Balaban J connectivity index is 1.75. The first-order valence-corrected chi connectivity index (χ1v) is 10.3. The molecule has 0 spiro atoms. The Morgan fingerprint density at radius 2 is 2.04 bits per heavy atom. The van der Waals surface area contributed by atoms with Gasteiger partial charge >= 0.3 is 0 Å². The molecule has 1 fully saturated rings. The molecule has 1 aliphatic heterocycles. The fourth-order valence-corrected chi connectivity index (χ4v) is 5.13. The number of hydrogen-bond donors (Lipinski definition) is 1. The maximum Gasteiger partial charge on any atom is 0.266 e.